The summed E-state index contributed by atoms with van der Waals surface area (Å²) in [7, 11) is 0. The van der Waals surface area contributed by atoms with Gasteiger partial charge in [-0.25, -0.2) is 0 Å². The van der Waals surface area contributed by atoms with Crippen molar-refractivity contribution in [3.63, 3.8) is 0 Å². The van der Waals surface area contributed by atoms with Gasteiger partial charge in [0, 0.05) is 0 Å². The number of hydrogen-bond acceptors (Lipinski definition) is 0. The van der Waals surface area contributed by atoms with Crippen LogP contribution in [0, 0.1) is 6.92 Å². The van der Waals surface area contributed by atoms with E-state index in [2.05, 4.69) is 13.8 Å². The molecule has 0 saturated heterocycles. The fourth-order valence-corrected chi connectivity index (χ4v) is 1.49. The zero-order chi connectivity index (χ0) is 9.07. The molecular formula is C12H29CaS. The van der Waals surface area contributed by atoms with Crippen LogP contribution in [0.5, 0.6) is 0 Å². The molecule has 0 saturated carbocycles. The molecule has 0 aromatic rings. The molecule has 0 bridgehead atoms. The first-order chi connectivity index (χ1) is 5.91. The van der Waals surface area contributed by atoms with Crippen molar-refractivity contribution in [2.24, 2.45) is 0 Å². The van der Waals surface area contributed by atoms with Gasteiger partial charge in [0.2, 0.25) is 0 Å². The van der Waals surface area contributed by atoms with Crippen molar-refractivity contribution >= 4 is 51.2 Å². The van der Waals surface area contributed by atoms with Gasteiger partial charge in [0.05, 0.1) is 0 Å². The standard InChI is InChI=1S/C12H25.Ca.H2S.2H/c1-3-5-7-9-11-12-10-8-6-4-2;;;;/h1,3-12H2,2H3;;1H2;;. The second kappa shape index (κ2) is 20.1. The quantitative estimate of drug-likeness (QED) is 0.426. The molecule has 0 aliphatic heterocycles. The molecule has 0 atom stereocenters. The Morgan fingerprint density at radius 2 is 1.07 bits per heavy atom. The van der Waals surface area contributed by atoms with Crippen LogP contribution in [0.2, 0.25) is 0 Å². The van der Waals surface area contributed by atoms with E-state index in [4.69, 9.17) is 0 Å². The molecule has 0 rings (SSSR count). The van der Waals surface area contributed by atoms with Gasteiger partial charge in [-0.05, 0) is 0 Å². The van der Waals surface area contributed by atoms with Crippen molar-refractivity contribution < 1.29 is 0 Å². The van der Waals surface area contributed by atoms with Crippen molar-refractivity contribution in [3.05, 3.63) is 6.92 Å². The molecule has 0 aromatic carbocycles. The molecule has 85 valence electrons. The van der Waals surface area contributed by atoms with Crippen LogP contribution in [0.25, 0.3) is 0 Å². The fourth-order valence-electron chi connectivity index (χ4n) is 1.49. The molecule has 0 unspecified atom stereocenters. The molecule has 0 spiro atoms. The van der Waals surface area contributed by atoms with E-state index in [-0.39, 0.29) is 51.2 Å². The third kappa shape index (κ3) is 19.2. The van der Waals surface area contributed by atoms with E-state index in [9.17, 15) is 0 Å². The summed E-state index contributed by atoms with van der Waals surface area (Å²) < 4.78 is 0. The first kappa shape index (κ1) is 21.0. The number of hydrogen-bond donors (Lipinski definition) is 0. The van der Waals surface area contributed by atoms with Gasteiger partial charge in [-0.2, -0.15) is 13.5 Å². The maximum absolute atomic E-state index is 3.84. The molecule has 1 radical (unpaired) electrons. The summed E-state index contributed by atoms with van der Waals surface area (Å²) in [5.41, 5.74) is 0. The Balaban J connectivity index is -0.000000605. The Morgan fingerprint density at radius 1 is 0.714 bits per heavy atom. The molecule has 0 aromatic heterocycles. The minimum atomic E-state index is 0. The first-order valence-electron chi connectivity index (χ1n) is 5.71. The van der Waals surface area contributed by atoms with Crippen LogP contribution < -0.4 is 0 Å². The van der Waals surface area contributed by atoms with Crippen LogP contribution in [0.1, 0.15) is 71.1 Å². The fraction of sp³-hybridized carbons (Fsp3) is 0.917. The average Bonchev–Trinajstić information content (AvgIpc) is 2.10. The van der Waals surface area contributed by atoms with Gasteiger partial charge in [0.25, 0.3) is 0 Å². The van der Waals surface area contributed by atoms with Crippen LogP contribution >= 0.6 is 13.5 Å². The van der Waals surface area contributed by atoms with Crippen molar-refractivity contribution in [1.29, 1.82) is 0 Å². The summed E-state index contributed by atoms with van der Waals surface area (Å²) in [6.07, 6.45) is 13.9. The first-order valence-corrected chi connectivity index (χ1v) is 5.71. The maximum atomic E-state index is 3.84. The normalized spacial score (nSPS) is 9.00. The Morgan fingerprint density at radius 3 is 1.43 bits per heavy atom. The van der Waals surface area contributed by atoms with Crippen LogP contribution in [0.3, 0.4) is 0 Å². The third-order valence-corrected chi connectivity index (χ3v) is 2.35. The zero-order valence-corrected chi connectivity index (χ0v) is 10.3. The molecular weight excluding hydrogens is 216 g/mol. The van der Waals surface area contributed by atoms with Crippen LogP contribution in [0.15, 0.2) is 0 Å². The molecule has 0 nitrogen and oxygen atoms in total. The molecule has 0 aliphatic carbocycles. The summed E-state index contributed by atoms with van der Waals surface area (Å²) in [5.74, 6) is 0. The molecule has 0 N–H and O–H groups in total. The van der Waals surface area contributed by atoms with E-state index in [1.54, 1.807) is 0 Å². The summed E-state index contributed by atoms with van der Waals surface area (Å²) in [5, 5.41) is 0. The van der Waals surface area contributed by atoms with Crippen molar-refractivity contribution in [2.45, 2.75) is 71.1 Å². The topological polar surface area (TPSA) is 0 Å². The second-order valence-corrected chi connectivity index (χ2v) is 3.68. The van der Waals surface area contributed by atoms with Crippen LogP contribution in [0.4, 0.5) is 0 Å². The van der Waals surface area contributed by atoms with Gasteiger partial charge in [-0.1, -0.05) is 78.1 Å². The van der Waals surface area contributed by atoms with E-state index in [1.807, 2.05) is 0 Å². The average molecular weight is 246 g/mol. The van der Waals surface area contributed by atoms with Crippen molar-refractivity contribution in [1.82, 2.24) is 0 Å². The molecule has 0 amide bonds. The SMILES string of the molecule is S.[CH2]CCCCCCCCCCC.[CaH2]. The Hall–Kier alpha value is 1.61. The minimum absolute atomic E-state index is 0. The van der Waals surface area contributed by atoms with Gasteiger partial charge in [0.1, 0.15) is 0 Å². The Kier molecular flexibility index (Phi) is 30.0. The number of rotatable bonds is 9. The molecule has 2 heteroatoms. The molecule has 0 fully saturated rings. The molecule has 14 heavy (non-hydrogen) atoms. The van der Waals surface area contributed by atoms with Gasteiger partial charge in [-0.15, -0.1) is 0 Å². The van der Waals surface area contributed by atoms with E-state index in [0.29, 0.717) is 0 Å². The predicted molar refractivity (Wildman–Crippen MR) is 76.1 cm³/mol. The van der Waals surface area contributed by atoms with Crippen molar-refractivity contribution in [3.8, 4) is 0 Å². The summed E-state index contributed by atoms with van der Waals surface area (Å²) in [4.78, 5) is 0. The van der Waals surface area contributed by atoms with Gasteiger partial charge in [-0.3, -0.25) is 0 Å². The predicted octanol–water partition coefficient (Wildman–Crippen LogP) is 3.94. The van der Waals surface area contributed by atoms with E-state index in [0.717, 1.165) is 6.42 Å². The van der Waals surface area contributed by atoms with Crippen molar-refractivity contribution in [2.75, 3.05) is 0 Å². The zero-order valence-electron chi connectivity index (χ0n) is 9.28. The van der Waals surface area contributed by atoms with Crippen LogP contribution in [-0.4, -0.2) is 37.7 Å². The number of unbranched alkanes of at least 4 members (excludes halogenated alkanes) is 9. The Labute approximate surface area is 128 Å². The van der Waals surface area contributed by atoms with E-state index >= 15 is 0 Å². The van der Waals surface area contributed by atoms with Gasteiger partial charge >= 0.3 is 37.7 Å². The summed E-state index contributed by atoms with van der Waals surface area (Å²) >= 11 is 0. The molecule has 0 aliphatic rings. The monoisotopic (exact) mass is 245 g/mol. The third-order valence-electron chi connectivity index (χ3n) is 2.35. The van der Waals surface area contributed by atoms with Gasteiger partial charge < -0.3 is 0 Å². The Bertz CT molecular complexity index is 66.7. The van der Waals surface area contributed by atoms with E-state index < -0.39 is 0 Å². The summed E-state index contributed by atoms with van der Waals surface area (Å²) in [6.45, 7) is 6.12. The summed E-state index contributed by atoms with van der Waals surface area (Å²) in [6, 6.07) is 0. The second-order valence-electron chi connectivity index (χ2n) is 3.68. The molecule has 0 heterocycles. The van der Waals surface area contributed by atoms with Gasteiger partial charge in [0.15, 0.2) is 0 Å². The van der Waals surface area contributed by atoms with Crippen LogP contribution in [-0.2, 0) is 0 Å². The van der Waals surface area contributed by atoms with E-state index in [1.165, 1.54) is 57.8 Å².